The highest BCUT2D eigenvalue weighted by Crippen LogP contribution is 2.17. The van der Waals surface area contributed by atoms with Gasteiger partial charge in [0.05, 0.1) is 0 Å². The number of hydrogen-bond acceptors (Lipinski definition) is 3. The van der Waals surface area contributed by atoms with Crippen molar-refractivity contribution < 1.29 is 4.79 Å². The molecule has 28 heavy (non-hydrogen) atoms. The Morgan fingerprint density at radius 2 is 1.82 bits per heavy atom. The van der Waals surface area contributed by atoms with Crippen LogP contribution in [0, 0.1) is 6.92 Å². The first-order valence-corrected chi connectivity index (χ1v) is 10.2. The Kier molecular flexibility index (Phi) is 7.26. The minimum atomic E-state index is -0.0272. The van der Waals surface area contributed by atoms with Crippen molar-refractivity contribution >= 4 is 17.7 Å². The number of carbonyl (C=O) groups is 1. The van der Waals surface area contributed by atoms with Gasteiger partial charge in [0.15, 0.2) is 0 Å². The summed E-state index contributed by atoms with van der Waals surface area (Å²) in [7, 11) is 0. The lowest BCUT2D eigenvalue weighted by atomic mass is 10.1. The summed E-state index contributed by atoms with van der Waals surface area (Å²) in [6.07, 6.45) is 4.44. The molecule has 148 valence electrons. The minimum Gasteiger partial charge on any atom is -0.369 e. The Labute approximate surface area is 168 Å². The maximum absolute atomic E-state index is 12.1. The van der Waals surface area contributed by atoms with Gasteiger partial charge in [-0.3, -0.25) is 9.69 Å². The molecular formula is C24H31N3O. The van der Waals surface area contributed by atoms with E-state index >= 15 is 0 Å². The summed E-state index contributed by atoms with van der Waals surface area (Å²) in [5.74, 6) is -0.0272. The number of rotatable bonds is 7. The van der Waals surface area contributed by atoms with Crippen molar-refractivity contribution in [3.8, 4) is 0 Å². The van der Waals surface area contributed by atoms with Crippen LogP contribution in [0.2, 0.25) is 0 Å². The topological polar surface area (TPSA) is 35.6 Å². The van der Waals surface area contributed by atoms with Crippen LogP contribution in [-0.2, 0) is 4.79 Å². The lowest BCUT2D eigenvalue weighted by Gasteiger charge is -2.36. The number of piperazine rings is 1. The predicted molar refractivity (Wildman–Crippen MR) is 118 cm³/mol. The van der Waals surface area contributed by atoms with Crippen LogP contribution in [0.3, 0.4) is 0 Å². The first kappa shape index (κ1) is 20.2. The molecule has 0 radical (unpaired) electrons. The third-order valence-corrected chi connectivity index (χ3v) is 5.23. The van der Waals surface area contributed by atoms with Gasteiger partial charge >= 0.3 is 0 Å². The van der Waals surface area contributed by atoms with Crippen LogP contribution in [0.5, 0.6) is 0 Å². The van der Waals surface area contributed by atoms with Crippen molar-refractivity contribution in [1.82, 2.24) is 10.2 Å². The second-order valence-corrected chi connectivity index (χ2v) is 7.61. The quantitative estimate of drug-likeness (QED) is 0.747. The smallest absolute Gasteiger partial charge is 0.244 e. The minimum absolute atomic E-state index is 0.0272. The molecule has 4 nitrogen and oxygen atoms in total. The molecule has 0 aliphatic carbocycles. The summed E-state index contributed by atoms with van der Waals surface area (Å²) < 4.78 is 0. The van der Waals surface area contributed by atoms with Gasteiger partial charge in [-0.2, -0.15) is 0 Å². The van der Waals surface area contributed by atoms with E-state index < -0.39 is 0 Å². The van der Waals surface area contributed by atoms with E-state index in [9.17, 15) is 4.79 Å². The first-order chi connectivity index (χ1) is 13.6. The monoisotopic (exact) mass is 377 g/mol. The van der Waals surface area contributed by atoms with Crippen molar-refractivity contribution in [2.75, 3.05) is 37.6 Å². The van der Waals surface area contributed by atoms with Crippen molar-refractivity contribution in [2.24, 2.45) is 0 Å². The van der Waals surface area contributed by atoms with E-state index in [4.69, 9.17) is 0 Å². The Morgan fingerprint density at radius 3 is 2.54 bits per heavy atom. The number of carbonyl (C=O) groups excluding carboxylic acids is 1. The van der Waals surface area contributed by atoms with Crippen LogP contribution in [0.4, 0.5) is 5.69 Å². The fourth-order valence-corrected chi connectivity index (χ4v) is 3.53. The molecule has 0 saturated carbocycles. The number of benzene rings is 2. The first-order valence-electron chi connectivity index (χ1n) is 10.2. The molecule has 1 atom stereocenters. The van der Waals surface area contributed by atoms with Gasteiger partial charge in [-0.05, 0) is 49.6 Å². The van der Waals surface area contributed by atoms with Crippen LogP contribution in [0.1, 0.15) is 24.5 Å². The van der Waals surface area contributed by atoms with Gasteiger partial charge in [0.2, 0.25) is 5.91 Å². The third-order valence-electron chi connectivity index (χ3n) is 5.23. The number of aryl methyl sites for hydroxylation is 1. The molecule has 2 aromatic carbocycles. The fourth-order valence-electron chi connectivity index (χ4n) is 3.53. The summed E-state index contributed by atoms with van der Waals surface area (Å²) in [5, 5.41) is 3.07. The van der Waals surface area contributed by atoms with E-state index in [-0.39, 0.29) is 11.9 Å². The maximum atomic E-state index is 12.1. The van der Waals surface area contributed by atoms with E-state index in [1.165, 1.54) is 11.3 Å². The maximum Gasteiger partial charge on any atom is 0.244 e. The Morgan fingerprint density at radius 1 is 1.07 bits per heavy atom. The molecule has 0 spiro atoms. The fraction of sp³-hybridized carbons (Fsp3) is 0.375. The summed E-state index contributed by atoms with van der Waals surface area (Å²) in [6.45, 7) is 9.51. The zero-order chi connectivity index (χ0) is 19.8. The van der Waals surface area contributed by atoms with Crippen LogP contribution >= 0.6 is 0 Å². The SMILES string of the molecule is Cc1cccc(N2CCN(CCC(C)NC(=O)/C=C/c3ccccc3)CC2)c1. The highest BCUT2D eigenvalue weighted by Gasteiger charge is 2.17. The van der Waals surface area contributed by atoms with Gasteiger partial charge in [0, 0.05) is 50.5 Å². The number of anilines is 1. The van der Waals surface area contributed by atoms with Crippen LogP contribution in [-0.4, -0.2) is 49.6 Å². The molecule has 1 N–H and O–H groups in total. The van der Waals surface area contributed by atoms with Crippen LogP contribution in [0.15, 0.2) is 60.7 Å². The van der Waals surface area contributed by atoms with Gasteiger partial charge in [-0.1, -0.05) is 42.5 Å². The van der Waals surface area contributed by atoms with Gasteiger partial charge in [0.25, 0.3) is 0 Å². The molecule has 1 unspecified atom stereocenters. The van der Waals surface area contributed by atoms with Crippen molar-refractivity contribution in [3.63, 3.8) is 0 Å². The zero-order valence-electron chi connectivity index (χ0n) is 17.0. The molecule has 4 heteroatoms. The second-order valence-electron chi connectivity index (χ2n) is 7.61. The predicted octanol–water partition coefficient (Wildman–Crippen LogP) is 3.73. The van der Waals surface area contributed by atoms with Crippen LogP contribution in [0.25, 0.3) is 6.08 Å². The van der Waals surface area contributed by atoms with Crippen molar-refractivity contribution in [3.05, 3.63) is 71.8 Å². The molecule has 3 rings (SSSR count). The molecule has 0 aromatic heterocycles. The molecule has 1 saturated heterocycles. The molecular weight excluding hydrogens is 346 g/mol. The van der Waals surface area contributed by atoms with Crippen molar-refractivity contribution in [1.29, 1.82) is 0 Å². The van der Waals surface area contributed by atoms with E-state index in [1.807, 2.05) is 36.4 Å². The van der Waals surface area contributed by atoms with E-state index in [2.05, 4.69) is 53.2 Å². The van der Waals surface area contributed by atoms with E-state index in [0.717, 1.165) is 44.7 Å². The zero-order valence-corrected chi connectivity index (χ0v) is 17.0. The van der Waals surface area contributed by atoms with Crippen LogP contribution < -0.4 is 10.2 Å². The van der Waals surface area contributed by atoms with Gasteiger partial charge in [-0.15, -0.1) is 0 Å². The highest BCUT2D eigenvalue weighted by molar-refractivity contribution is 5.91. The normalized spacial score (nSPS) is 16.3. The summed E-state index contributed by atoms with van der Waals surface area (Å²) in [6, 6.07) is 18.8. The molecule has 1 aliphatic heterocycles. The summed E-state index contributed by atoms with van der Waals surface area (Å²) in [4.78, 5) is 17.0. The largest absolute Gasteiger partial charge is 0.369 e. The Bertz CT molecular complexity index is 779. The number of amides is 1. The van der Waals surface area contributed by atoms with Gasteiger partial charge in [-0.25, -0.2) is 0 Å². The standard InChI is InChI=1S/C24H31N3O/c1-20-7-6-10-23(19-20)27-17-15-26(16-18-27)14-13-21(2)25-24(28)12-11-22-8-4-3-5-9-22/h3-12,19,21H,13-18H2,1-2H3,(H,25,28)/b12-11+. The molecule has 1 heterocycles. The summed E-state index contributed by atoms with van der Waals surface area (Å²) >= 11 is 0. The summed E-state index contributed by atoms with van der Waals surface area (Å²) in [5.41, 5.74) is 3.67. The Hall–Kier alpha value is -2.59. The number of hydrogen-bond donors (Lipinski definition) is 1. The lowest BCUT2D eigenvalue weighted by Crippen LogP contribution is -2.47. The highest BCUT2D eigenvalue weighted by atomic mass is 16.1. The second kappa shape index (κ2) is 10.1. The average molecular weight is 378 g/mol. The molecule has 1 fully saturated rings. The lowest BCUT2D eigenvalue weighted by molar-refractivity contribution is -0.117. The van der Waals surface area contributed by atoms with E-state index in [0.29, 0.717) is 0 Å². The third kappa shape index (κ3) is 6.24. The molecule has 1 amide bonds. The molecule has 2 aromatic rings. The van der Waals surface area contributed by atoms with Gasteiger partial charge in [0.1, 0.15) is 0 Å². The number of nitrogens with zero attached hydrogens (tertiary/aromatic N) is 2. The molecule has 1 aliphatic rings. The van der Waals surface area contributed by atoms with Gasteiger partial charge < -0.3 is 10.2 Å². The molecule has 0 bridgehead atoms. The van der Waals surface area contributed by atoms with E-state index in [1.54, 1.807) is 6.08 Å². The number of nitrogens with one attached hydrogen (secondary N) is 1. The average Bonchev–Trinajstić information content (AvgIpc) is 2.72. The Balaban J connectivity index is 1.36. The van der Waals surface area contributed by atoms with Crippen molar-refractivity contribution in [2.45, 2.75) is 26.3 Å².